The summed E-state index contributed by atoms with van der Waals surface area (Å²) in [5, 5.41) is 3.26. The summed E-state index contributed by atoms with van der Waals surface area (Å²) < 4.78 is 0. The van der Waals surface area contributed by atoms with E-state index in [1.165, 1.54) is 6.42 Å². The van der Waals surface area contributed by atoms with Crippen LogP contribution in [0.25, 0.3) is 0 Å². The Morgan fingerprint density at radius 2 is 2.55 bits per heavy atom. The van der Waals surface area contributed by atoms with Crippen molar-refractivity contribution in [1.29, 1.82) is 0 Å². The highest BCUT2D eigenvalue weighted by atomic mass is 16.1. The fourth-order valence-electron chi connectivity index (χ4n) is 1.39. The summed E-state index contributed by atoms with van der Waals surface area (Å²) >= 11 is 0. The minimum absolute atomic E-state index is 0.187. The molecule has 1 rings (SSSR count). The summed E-state index contributed by atoms with van der Waals surface area (Å²) in [5.74, 6) is 2.55. The van der Waals surface area contributed by atoms with E-state index in [2.05, 4.69) is 11.2 Å². The minimum Gasteiger partial charge on any atom is -0.314 e. The number of Topliss-reactive ketones (excluding diaryl/α,β-unsaturated/α-hetero) is 1. The number of nitrogens with one attached hydrogen (secondary N) is 1. The van der Waals surface area contributed by atoms with Crippen molar-refractivity contribution >= 4 is 5.78 Å². The predicted octanol–water partition coefficient (Wildman–Crippen LogP) is 0.721. The van der Waals surface area contributed by atoms with Crippen LogP contribution >= 0.6 is 0 Å². The summed E-state index contributed by atoms with van der Waals surface area (Å²) in [5.41, 5.74) is 0. The summed E-state index contributed by atoms with van der Waals surface area (Å²) in [4.78, 5) is 11.0. The van der Waals surface area contributed by atoms with Gasteiger partial charge in [-0.25, -0.2) is 0 Å². The molecule has 1 aliphatic heterocycles. The van der Waals surface area contributed by atoms with Gasteiger partial charge in [-0.2, -0.15) is 0 Å². The highest BCUT2D eigenvalue weighted by molar-refractivity contribution is 5.81. The fourth-order valence-corrected chi connectivity index (χ4v) is 1.39. The number of hydrogen-bond acceptors (Lipinski definition) is 2. The quantitative estimate of drug-likeness (QED) is 0.602. The van der Waals surface area contributed by atoms with Gasteiger partial charge in [0.25, 0.3) is 0 Å². The summed E-state index contributed by atoms with van der Waals surface area (Å²) in [7, 11) is 0. The van der Waals surface area contributed by atoms with Crippen molar-refractivity contribution in [2.45, 2.75) is 31.7 Å². The van der Waals surface area contributed by atoms with Crippen molar-refractivity contribution in [3.63, 3.8) is 0 Å². The molecule has 0 bridgehead atoms. The van der Waals surface area contributed by atoms with Crippen LogP contribution < -0.4 is 5.32 Å². The molecule has 0 radical (unpaired) electrons. The molecule has 0 saturated carbocycles. The van der Waals surface area contributed by atoms with Crippen LogP contribution in [-0.4, -0.2) is 18.4 Å². The van der Waals surface area contributed by atoms with Gasteiger partial charge in [-0.3, -0.25) is 4.79 Å². The Labute approximate surface area is 67.4 Å². The Morgan fingerprint density at radius 3 is 3.09 bits per heavy atom. The number of terminal acetylenes is 1. The third-order valence-corrected chi connectivity index (χ3v) is 1.94. The van der Waals surface area contributed by atoms with Crippen molar-refractivity contribution in [3.05, 3.63) is 0 Å². The van der Waals surface area contributed by atoms with E-state index in [0.29, 0.717) is 12.5 Å². The van der Waals surface area contributed by atoms with E-state index in [4.69, 9.17) is 6.42 Å². The van der Waals surface area contributed by atoms with Gasteiger partial charge in [-0.15, -0.1) is 6.42 Å². The van der Waals surface area contributed by atoms with Gasteiger partial charge in [0.05, 0.1) is 6.42 Å². The zero-order valence-electron chi connectivity index (χ0n) is 6.60. The predicted molar refractivity (Wildman–Crippen MR) is 44.1 cm³/mol. The van der Waals surface area contributed by atoms with Crippen LogP contribution in [0.3, 0.4) is 0 Å². The van der Waals surface area contributed by atoms with Gasteiger partial charge in [-0.05, 0) is 19.4 Å². The molecule has 1 heterocycles. The Hall–Kier alpha value is -0.810. The molecule has 60 valence electrons. The molecule has 1 fully saturated rings. The standard InChI is InChI=1S/C9H13NO/c1-2-4-9(11)7-8-5-3-6-10-8/h1,8,10H,3-7H2. The van der Waals surface area contributed by atoms with Crippen LogP contribution in [0, 0.1) is 12.3 Å². The second-order valence-electron chi connectivity index (χ2n) is 2.92. The molecule has 11 heavy (non-hydrogen) atoms. The summed E-state index contributed by atoms with van der Waals surface area (Å²) in [6.07, 6.45) is 8.23. The lowest BCUT2D eigenvalue weighted by molar-refractivity contribution is -0.118. The van der Waals surface area contributed by atoms with Crippen LogP contribution in [0.1, 0.15) is 25.7 Å². The first-order valence-electron chi connectivity index (χ1n) is 4.01. The van der Waals surface area contributed by atoms with Crippen LogP contribution in [0.4, 0.5) is 0 Å². The zero-order valence-corrected chi connectivity index (χ0v) is 6.60. The molecule has 0 aromatic carbocycles. The molecule has 1 N–H and O–H groups in total. The number of hydrogen-bond donors (Lipinski definition) is 1. The molecule has 0 aromatic rings. The van der Waals surface area contributed by atoms with Crippen molar-refractivity contribution in [1.82, 2.24) is 5.32 Å². The van der Waals surface area contributed by atoms with Gasteiger partial charge in [0.15, 0.2) is 0 Å². The molecule has 2 nitrogen and oxygen atoms in total. The van der Waals surface area contributed by atoms with Crippen molar-refractivity contribution in [2.24, 2.45) is 0 Å². The number of carbonyl (C=O) groups excluding carboxylic acids is 1. The average molecular weight is 151 g/mol. The molecule has 2 heteroatoms. The second-order valence-corrected chi connectivity index (χ2v) is 2.92. The van der Waals surface area contributed by atoms with Crippen LogP contribution in [0.15, 0.2) is 0 Å². The highest BCUT2D eigenvalue weighted by Crippen LogP contribution is 2.09. The van der Waals surface area contributed by atoms with Crippen LogP contribution in [-0.2, 0) is 4.79 Å². The third-order valence-electron chi connectivity index (χ3n) is 1.94. The van der Waals surface area contributed by atoms with Gasteiger partial charge >= 0.3 is 0 Å². The number of rotatable bonds is 3. The topological polar surface area (TPSA) is 29.1 Å². The molecule has 0 aromatic heterocycles. The first kappa shape index (κ1) is 8.29. The Bertz CT molecular complexity index is 174. The van der Waals surface area contributed by atoms with E-state index in [0.717, 1.165) is 13.0 Å². The Kier molecular flexibility index (Phi) is 3.13. The first-order chi connectivity index (χ1) is 5.33. The van der Waals surface area contributed by atoms with E-state index >= 15 is 0 Å². The van der Waals surface area contributed by atoms with Gasteiger partial charge in [0.1, 0.15) is 5.78 Å². The van der Waals surface area contributed by atoms with Gasteiger partial charge in [-0.1, -0.05) is 5.92 Å². The third kappa shape index (κ3) is 2.73. The largest absolute Gasteiger partial charge is 0.314 e. The van der Waals surface area contributed by atoms with Gasteiger partial charge < -0.3 is 5.32 Å². The molecule has 1 aliphatic rings. The molecule has 0 spiro atoms. The molecule has 0 aliphatic carbocycles. The van der Waals surface area contributed by atoms with Crippen molar-refractivity contribution < 1.29 is 4.79 Å². The second kappa shape index (κ2) is 4.15. The smallest absolute Gasteiger partial charge is 0.146 e. The van der Waals surface area contributed by atoms with E-state index in [9.17, 15) is 4.79 Å². The van der Waals surface area contributed by atoms with Gasteiger partial charge in [0, 0.05) is 12.5 Å². The fraction of sp³-hybridized carbons (Fsp3) is 0.667. The Morgan fingerprint density at radius 1 is 1.73 bits per heavy atom. The minimum atomic E-state index is 0.187. The summed E-state index contributed by atoms with van der Waals surface area (Å²) in [6.45, 7) is 1.05. The lowest BCUT2D eigenvalue weighted by Gasteiger charge is -2.06. The molecule has 1 saturated heterocycles. The van der Waals surface area contributed by atoms with Crippen LogP contribution in [0.2, 0.25) is 0 Å². The summed E-state index contributed by atoms with van der Waals surface area (Å²) in [6, 6.07) is 0.399. The van der Waals surface area contributed by atoms with Crippen molar-refractivity contribution in [2.75, 3.05) is 6.54 Å². The van der Waals surface area contributed by atoms with E-state index in [1.807, 2.05) is 0 Å². The number of ketones is 1. The molecule has 1 unspecified atom stereocenters. The number of carbonyl (C=O) groups is 1. The first-order valence-corrected chi connectivity index (χ1v) is 4.01. The van der Waals surface area contributed by atoms with E-state index in [1.54, 1.807) is 0 Å². The molecular weight excluding hydrogens is 138 g/mol. The normalized spacial score (nSPS) is 23.0. The maximum Gasteiger partial charge on any atom is 0.146 e. The van der Waals surface area contributed by atoms with E-state index < -0.39 is 0 Å². The van der Waals surface area contributed by atoms with Gasteiger partial charge in [0.2, 0.25) is 0 Å². The highest BCUT2D eigenvalue weighted by Gasteiger charge is 2.16. The molecule has 0 amide bonds. The maximum atomic E-state index is 11.0. The van der Waals surface area contributed by atoms with E-state index in [-0.39, 0.29) is 12.2 Å². The monoisotopic (exact) mass is 151 g/mol. The molecular formula is C9H13NO. The van der Waals surface area contributed by atoms with Crippen molar-refractivity contribution in [3.8, 4) is 12.3 Å². The zero-order chi connectivity index (χ0) is 8.10. The molecule has 1 atom stereocenters. The Balaban J connectivity index is 2.19. The maximum absolute atomic E-state index is 11.0. The lowest BCUT2D eigenvalue weighted by Crippen LogP contribution is -2.24. The van der Waals surface area contributed by atoms with Crippen LogP contribution in [0.5, 0.6) is 0 Å². The lowest BCUT2D eigenvalue weighted by atomic mass is 10.1. The SMILES string of the molecule is C#CCC(=O)CC1CCCN1. The average Bonchev–Trinajstić information content (AvgIpc) is 2.40.